The molecular weight excluding hydrogens is 356 g/mol. The minimum atomic E-state index is -0.460. The Morgan fingerprint density at radius 1 is 1.14 bits per heavy atom. The number of anilines is 2. The van der Waals surface area contributed by atoms with Crippen LogP contribution in [-0.2, 0) is 9.59 Å². The number of rotatable bonds is 8. The fraction of sp³-hybridized carbons (Fsp3) is 0.286. The van der Waals surface area contributed by atoms with Crippen molar-refractivity contribution in [1.29, 1.82) is 5.26 Å². The summed E-state index contributed by atoms with van der Waals surface area (Å²) in [5.41, 5.74) is 1.54. The highest BCUT2D eigenvalue weighted by Gasteiger charge is 2.26. The van der Waals surface area contributed by atoms with Crippen LogP contribution in [0.4, 0.5) is 11.4 Å². The molecule has 7 nitrogen and oxygen atoms in total. The van der Waals surface area contributed by atoms with Gasteiger partial charge in [-0.25, -0.2) is 0 Å². The molecule has 2 aromatic carbocycles. The average molecular weight is 381 g/mol. The van der Waals surface area contributed by atoms with Crippen molar-refractivity contribution < 1.29 is 19.2 Å². The number of nitrogens with one attached hydrogen (secondary N) is 3. The Hall–Kier alpha value is -3.37. The topological polar surface area (TPSA) is 95.7 Å². The number of carbonyl (C=O) groups excluding carboxylic acids is 2. The Morgan fingerprint density at radius 2 is 1.82 bits per heavy atom. The van der Waals surface area contributed by atoms with E-state index < -0.39 is 6.04 Å². The van der Waals surface area contributed by atoms with Crippen LogP contribution in [-0.4, -0.2) is 38.1 Å². The number of hydrogen-bond donors (Lipinski definition) is 3. The highest BCUT2D eigenvalue weighted by molar-refractivity contribution is 5.95. The van der Waals surface area contributed by atoms with E-state index in [4.69, 9.17) is 10.00 Å². The maximum atomic E-state index is 12.6. The Morgan fingerprint density at radius 3 is 2.43 bits per heavy atom. The molecule has 0 aromatic heterocycles. The predicted octanol–water partition coefficient (Wildman–Crippen LogP) is 1.44. The first-order valence-electron chi connectivity index (χ1n) is 9.07. The van der Waals surface area contributed by atoms with Gasteiger partial charge >= 0.3 is 0 Å². The number of nitriles is 1. The monoisotopic (exact) mass is 381 g/mol. The van der Waals surface area contributed by atoms with Crippen LogP contribution in [0.1, 0.15) is 19.4 Å². The standard InChI is InChI=1S/C21H24N4O3/c1-4-25(14-20(26)23-17-9-11-18(28-3)12-10-17)15(2)21(27)24-19-8-6-5-7-16(19)13-22/h5-12,15H,4,14H2,1-3H3,(H,23,26)(H,24,27)/p+1/t15-/m0/s1. The highest BCUT2D eigenvalue weighted by atomic mass is 16.5. The summed E-state index contributed by atoms with van der Waals surface area (Å²) in [6.45, 7) is 4.44. The van der Waals surface area contributed by atoms with Crippen molar-refractivity contribution in [3.63, 3.8) is 0 Å². The number of hydrogen-bond acceptors (Lipinski definition) is 4. The lowest BCUT2D eigenvalue weighted by Gasteiger charge is -2.23. The lowest BCUT2D eigenvalue weighted by Crippen LogP contribution is -3.17. The number of para-hydroxylation sites is 1. The van der Waals surface area contributed by atoms with Gasteiger partial charge in [-0.15, -0.1) is 0 Å². The molecule has 0 heterocycles. The molecule has 0 radical (unpaired) electrons. The van der Waals surface area contributed by atoms with E-state index in [0.717, 1.165) is 4.90 Å². The van der Waals surface area contributed by atoms with Crippen LogP contribution in [0.5, 0.6) is 5.75 Å². The molecule has 2 atom stereocenters. The van der Waals surface area contributed by atoms with Crippen molar-refractivity contribution in [2.24, 2.45) is 0 Å². The van der Waals surface area contributed by atoms with Crippen LogP contribution in [0.3, 0.4) is 0 Å². The molecule has 0 saturated heterocycles. The zero-order chi connectivity index (χ0) is 20.5. The quantitative estimate of drug-likeness (QED) is 0.645. The number of carbonyl (C=O) groups is 2. The van der Waals surface area contributed by atoms with Gasteiger partial charge in [0.2, 0.25) is 0 Å². The second kappa shape index (κ2) is 10.1. The molecule has 0 aliphatic heterocycles. The highest BCUT2D eigenvalue weighted by Crippen LogP contribution is 2.15. The van der Waals surface area contributed by atoms with Crippen molar-refractivity contribution in [3.8, 4) is 11.8 Å². The van der Waals surface area contributed by atoms with Gasteiger partial charge in [0, 0.05) is 5.69 Å². The first-order chi connectivity index (χ1) is 13.5. The first kappa shape index (κ1) is 20.9. The maximum Gasteiger partial charge on any atom is 0.282 e. The van der Waals surface area contributed by atoms with Gasteiger partial charge in [0.15, 0.2) is 12.6 Å². The van der Waals surface area contributed by atoms with Gasteiger partial charge in [-0.2, -0.15) is 5.26 Å². The van der Waals surface area contributed by atoms with Crippen LogP contribution >= 0.6 is 0 Å². The van der Waals surface area contributed by atoms with Crippen LogP contribution in [0.25, 0.3) is 0 Å². The molecule has 0 fully saturated rings. The Labute approximate surface area is 164 Å². The molecule has 2 amide bonds. The SMILES string of the molecule is CC[NH+](CC(=O)Nc1ccc(OC)cc1)[C@@H](C)C(=O)Nc1ccccc1C#N. The maximum absolute atomic E-state index is 12.6. The minimum Gasteiger partial charge on any atom is -0.497 e. The van der Waals surface area contributed by atoms with E-state index in [1.807, 2.05) is 6.92 Å². The largest absolute Gasteiger partial charge is 0.497 e. The lowest BCUT2D eigenvalue weighted by molar-refractivity contribution is -0.904. The van der Waals surface area contributed by atoms with Crippen LogP contribution in [0, 0.1) is 11.3 Å². The van der Waals surface area contributed by atoms with Crippen molar-refractivity contribution >= 4 is 23.2 Å². The van der Waals surface area contributed by atoms with Crippen molar-refractivity contribution in [3.05, 3.63) is 54.1 Å². The number of amides is 2. The molecule has 2 rings (SSSR count). The van der Waals surface area contributed by atoms with E-state index in [2.05, 4.69) is 16.7 Å². The number of likely N-dealkylation sites (N-methyl/N-ethyl adjacent to an activating group) is 1. The normalized spacial score (nSPS) is 12.4. The molecule has 0 bridgehead atoms. The van der Waals surface area contributed by atoms with Crippen LogP contribution in [0.15, 0.2) is 48.5 Å². The fourth-order valence-corrected chi connectivity index (χ4v) is 2.79. The number of ether oxygens (including phenoxy) is 1. The Kier molecular flexibility index (Phi) is 7.55. The third-order valence-electron chi connectivity index (χ3n) is 4.53. The van der Waals surface area contributed by atoms with E-state index in [-0.39, 0.29) is 18.4 Å². The van der Waals surface area contributed by atoms with Gasteiger partial charge in [-0.05, 0) is 50.2 Å². The van der Waals surface area contributed by atoms with Crippen molar-refractivity contribution in [1.82, 2.24) is 0 Å². The molecule has 3 N–H and O–H groups in total. The first-order valence-corrected chi connectivity index (χ1v) is 9.07. The van der Waals surface area contributed by atoms with Crippen molar-refractivity contribution in [2.75, 3.05) is 30.8 Å². The van der Waals surface area contributed by atoms with Crippen molar-refractivity contribution in [2.45, 2.75) is 19.9 Å². The molecule has 28 heavy (non-hydrogen) atoms. The number of methoxy groups -OCH3 is 1. The summed E-state index contributed by atoms with van der Waals surface area (Å²) in [6, 6.07) is 15.5. The summed E-state index contributed by atoms with van der Waals surface area (Å²) < 4.78 is 5.10. The van der Waals surface area contributed by atoms with E-state index in [0.29, 0.717) is 29.2 Å². The van der Waals surface area contributed by atoms with Gasteiger partial charge in [-0.3, -0.25) is 9.59 Å². The molecule has 7 heteroatoms. The smallest absolute Gasteiger partial charge is 0.282 e. The van der Waals surface area contributed by atoms with Gasteiger partial charge in [0.1, 0.15) is 11.8 Å². The summed E-state index contributed by atoms with van der Waals surface area (Å²) in [5.74, 6) is 0.289. The average Bonchev–Trinajstić information content (AvgIpc) is 2.72. The molecule has 0 spiro atoms. The van der Waals surface area contributed by atoms with E-state index in [9.17, 15) is 9.59 Å². The Bertz CT molecular complexity index is 859. The summed E-state index contributed by atoms with van der Waals surface area (Å²) >= 11 is 0. The summed E-state index contributed by atoms with van der Waals surface area (Å²) in [7, 11) is 1.58. The molecular formula is C21H25N4O3+. The third kappa shape index (κ3) is 5.56. The second-order valence-corrected chi connectivity index (χ2v) is 6.33. The minimum absolute atomic E-state index is 0.150. The van der Waals surface area contributed by atoms with Gasteiger partial charge < -0.3 is 20.3 Å². The third-order valence-corrected chi connectivity index (χ3v) is 4.53. The van der Waals surface area contributed by atoms with E-state index >= 15 is 0 Å². The van der Waals surface area contributed by atoms with Gasteiger partial charge in [0.25, 0.3) is 11.8 Å². The predicted molar refractivity (Wildman–Crippen MR) is 107 cm³/mol. The number of benzene rings is 2. The fourth-order valence-electron chi connectivity index (χ4n) is 2.79. The summed E-state index contributed by atoms with van der Waals surface area (Å²) in [6.07, 6.45) is 0. The van der Waals surface area contributed by atoms with Crippen LogP contribution in [0.2, 0.25) is 0 Å². The molecule has 146 valence electrons. The van der Waals surface area contributed by atoms with Gasteiger partial charge in [-0.1, -0.05) is 12.1 Å². The zero-order valence-corrected chi connectivity index (χ0v) is 16.3. The van der Waals surface area contributed by atoms with E-state index in [1.54, 1.807) is 62.6 Å². The summed E-state index contributed by atoms with van der Waals surface area (Å²) in [4.78, 5) is 25.8. The zero-order valence-electron chi connectivity index (χ0n) is 16.3. The molecule has 0 aliphatic rings. The Balaban J connectivity index is 1.97. The number of quaternary nitrogens is 1. The number of nitrogens with zero attached hydrogens (tertiary/aromatic N) is 1. The van der Waals surface area contributed by atoms with E-state index in [1.165, 1.54) is 0 Å². The lowest BCUT2D eigenvalue weighted by atomic mass is 10.1. The molecule has 2 aromatic rings. The summed E-state index contributed by atoms with van der Waals surface area (Å²) in [5, 5.41) is 14.8. The second-order valence-electron chi connectivity index (χ2n) is 6.33. The van der Waals surface area contributed by atoms with Gasteiger partial charge in [0.05, 0.1) is 24.9 Å². The van der Waals surface area contributed by atoms with Crippen LogP contribution < -0.4 is 20.3 Å². The molecule has 0 saturated carbocycles. The molecule has 1 unspecified atom stereocenters. The molecule has 0 aliphatic carbocycles.